The van der Waals surface area contributed by atoms with Crippen molar-refractivity contribution in [1.82, 2.24) is 4.72 Å². The monoisotopic (exact) mass is 328 g/mol. The van der Waals surface area contributed by atoms with Crippen LogP contribution in [-0.2, 0) is 16.6 Å². The first-order valence-electron chi connectivity index (χ1n) is 6.14. The molecule has 0 atom stereocenters. The molecule has 0 amide bonds. The van der Waals surface area contributed by atoms with Gasteiger partial charge in [-0.05, 0) is 37.4 Å². The molecule has 0 heterocycles. The number of halogens is 2. The fraction of sp³-hybridized carbons (Fsp3) is 0.143. The normalized spacial score (nSPS) is 11.4. The molecular formula is C14H14ClFN2O2S. The molecule has 0 unspecified atom stereocenters. The Kier molecular flexibility index (Phi) is 4.82. The van der Waals surface area contributed by atoms with Crippen molar-refractivity contribution in [1.29, 1.82) is 0 Å². The van der Waals surface area contributed by atoms with Gasteiger partial charge in [0.1, 0.15) is 5.82 Å². The molecule has 0 bridgehead atoms. The number of anilines is 1. The second-order valence-corrected chi connectivity index (χ2v) is 6.58. The summed E-state index contributed by atoms with van der Waals surface area (Å²) in [5, 5.41) is 3.28. The van der Waals surface area contributed by atoms with Gasteiger partial charge in [-0.15, -0.1) is 0 Å². The van der Waals surface area contributed by atoms with E-state index in [2.05, 4.69) is 10.0 Å². The van der Waals surface area contributed by atoms with E-state index >= 15 is 0 Å². The van der Waals surface area contributed by atoms with Crippen molar-refractivity contribution >= 4 is 27.3 Å². The molecule has 0 saturated carbocycles. The van der Waals surface area contributed by atoms with Crippen molar-refractivity contribution in [3.05, 3.63) is 58.9 Å². The number of nitrogens with one attached hydrogen (secondary N) is 2. The van der Waals surface area contributed by atoms with Crippen LogP contribution in [0.25, 0.3) is 0 Å². The van der Waals surface area contributed by atoms with E-state index in [-0.39, 0.29) is 11.4 Å². The zero-order valence-electron chi connectivity index (χ0n) is 11.2. The lowest BCUT2D eigenvalue weighted by Crippen LogP contribution is -2.18. The van der Waals surface area contributed by atoms with Crippen LogP contribution in [0.5, 0.6) is 0 Å². The summed E-state index contributed by atoms with van der Waals surface area (Å²) < 4.78 is 39.3. The van der Waals surface area contributed by atoms with E-state index in [4.69, 9.17) is 11.6 Å². The molecule has 0 radical (unpaired) electrons. The Hall–Kier alpha value is -1.63. The second kappa shape index (κ2) is 6.43. The lowest BCUT2D eigenvalue weighted by molar-refractivity contribution is 0.588. The van der Waals surface area contributed by atoms with Crippen LogP contribution in [0.1, 0.15) is 5.56 Å². The fourth-order valence-electron chi connectivity index (χ4n) is 1.78. The van der Waals surface area contributed by atoms with Gasteiger partial charge in [0.15, 0.2) is 0 Å². The summed E-state index contributed by atoms with van der Waals surface area (Å²) in [4.78, 5) is 0.134. The average molecular weight is 329 g/mol. The lowest BCUT2D eigenvalue weighted by atomic mass is 10.2. The molecule has 2 N–H and O–H groups in total. The second-order valence-electron chi connectivity index (χ2n) is 4.29. The van der Waals surface area contributed by atoms with Crippen molar-refractivity contribution in [2.45, 2.75) is 11.4 Å². The largest absolute Gasteiger partial charge is 0.381 e. The molecule has 0 aliphatic heterocycles. The van der Waals surface area contributed by atoms with Gasteiger partial charge in [0.2, 0.25) is 10.0 Å². The maximum absolute atomic E-state index is 13.6. The Bertz CT molecular complexity index is 730. The predicted octanol–water partition coefficient (Wildman–Crippen LogP) is 3.00. The van der Waals surface area contributed by atoms with Gasteiger partial charge in [0.25, 0.3) is 0 Å². The molecule has 0 aromatic heterocycles. The average Bonchev–Trinajstić information content (AvgIpc) is 2.47. The molecule has 21 heavy (non-hydrogen) atoms. The van der Waals surface area contributed by atoms with Crippen molar-refractivity contribution in [2.24, 2.45) is 0 Å². The standard InChI is InChI=1S/C14H14ClFN2O2S/c1-17-21(19,20)11-5-2-4-10(8-11)18-9-12-13(15)6-3-7-14(12)16/h2-8,17-18H,9H2,1H3. The predicted molar refractivity (Wildman–Crippen MR) is 81.4 cm³/mol. The highest BCUT2D eigenvalue weighted by Gasteiger charge is 2.12. The molecule has 2 rings (SSSR count). The zero-order chi connectivity index (χ0) is 15.5. The first-order chi connectivity index (χ1) is 9.94. The van der Waals surface area contributed by atoms with Crippen LogP contribution in [0.2, 0.25) is 5.02 Å². The minimum Gasteiger partial charge on any atom is -0.381 e. The van der Waals surface area contributed by atoms with Gasteiger partial charge < -0.3 is 5.32 Å². The van der Waals surface area contributed by atoms with E-state index in [1.165, 1.54) is 31.3 Å². The maximum Gasteiger partial charge on any atom is 0.240 e. The van der Waals surface area contributed by atoms with Crippen molar-refractivity contribution in [2.75, 3.05) is 12.4 Å². The number of sulfonamides is 1. The molecule has 0 fully saturated rings. The van der Waals surface area contributed by atoms with Crippen LogP contribution in [0.15, 0.2) is 47.4 Å². The van der Waals surface area contributed by atoms with Gasteiger partial charge in [-0.2, -0.15) is 0 Å². The van der Waals surface area contributed by atoms with Crippen molar-refractivity contribution < 1.29 is 12.8 Å². The number of hydrogen-bond donors (Lipinski definition) is 2. The highest BCUT2D eigenvalue weighted by Crippen LogP contribution is 2.21. The molecule has 0 aliphatic carbocycles. The highest BCUT2D eigenvalue weighted by molar-refractivity contribution is 7.89. The van der Waals surface area contributed by atoms with Crippen LogP contribution in [0, 0.1) is 5.82 Å². The third-order valence-corrected chi connectivity index (χ3v) is 4.71. The first kappa shape index (κ1) is 15.8. The Morgan fingerprint density at radius 1 is 1.19 bits per heavy atom. The van der Waals surface area contributed by atoms with E-state index in [1.54, 1.807) is 18.2 Å². The maximum atomic E-state index is 13.6. The Balaban J connectivity index is 2.20. The van der Waals surface area contributed by atoms with Gasteiger partial charge in [0.05, 0.1) is 4.90 Å². The van der Waals surface area contributed by atoms with Crippen LogP contribution >= 0.6 is 11.6 Å². The number of hydrogen-bond acceptors (Lipinski definition) is 3. The summed E-state index contributed by atoms with van der Waals surface area (Å²) in [6.07, 6.45) is 0. The van der Waals surface area contributed by atoms with E-state index in [0.29, 0.717) is 16.3 Å². The molecule has 0 saturated heterocycles. The first-order valence-corrected chi connectivity index (χ1v) is 8.00. The van der Waals surface area contributed by atoms with E-state index in [0.717, 1.165) is 0 Å². The summed E-state index contributed by atoms with van der Waals surface area (Å²) in [6.45, 7) is 0.161. The Morgan fingerprint density at radius 3 is 2.57 bits per heavy atom. The third-order valence-electron chi connectivity index (χ3n) is 2.94. The van der Waals surface area contributed by atoms with Gasteiger partial charge >= 0.3 is 0 Å². The van der Waals surface area contributed by atoms with Crippen LogP contribution < -0.4 is 10.0 Å². The summed E-state index contributed by atoms with van der Waals surface area (Å²) in [6, 6.07) is 10.7. The zero-order valence-corrected chi connectivity index (χ0v) is 12.8. The van der Waals surface area contributed by atoms with E-state index in [9.17, 15) is 12.8 Å². The van der Waals surface area contributed by atoms with Gasteiger partial charge in [-0.3, -0.25) is 0 Å². The molecule has 7 heteroatoms. The van der Waals surface area contributed by atoms with Crippen LogP contribution in [0.4, 0.5) is 10.1 Å². The lowest BCUT2D eigenvalue weighted by Gasteiger charge is -2.10. The summed E-state index contributed by atoms with van der Waals surface area (Å²) in [7, 11) is -2.17. The summed E-state index contributed by atoms with van der Waals surface area (Å²) in [5.74, 6) is -0.408. The number of benzene rings is 2. The van der Waals surface area contributed by atoms with E-state index in [1.807, 2.05) is 0 Å². The molecule has 4 nitrogen and oxygen atoms in total. The fourth-order valence-corrected chi connectivity index (χ4v) is 2.79. The topological polar surface area (TPSA) is 58.2 Å². The van der Waals surface area contributed by atoms with Gasteiger partial charge in [-0.1, -0.05) is 23.7 Å². The Labute approximate surface area is 128 Å². The minimum atomic E-state index is -3.51. The molecule has 0 spiro atoms. The minimum absolute atomic E-state index is 0.134. The quantitative estimate of drug-likeness (QED) is 0.887. The smallest absolute Gasteiger partial charge is 0.240 e. The Morgan fingerprint density at radius 2 is 1.90 bits per heavy atom. The van der Waals surface area contributed by atoms with Gasteiger partial charge in [0, 0.05) is 22.8 Å². The number of rotatable bonds is 5. The SMILES string of the molecule is CNS(=O)(=O)c1cccc(NCc2c(F)cccc2Cl)c1. The molecule has 2 aromatic carbocycles. The van der Waals surface area contributed by atoms with Crippen molar-refractivity contribution in [3.63, 3.8) is 0 Å². The van der Waals surface area contributed by atoms with Crippen LogP contribution in [-0.4, -0.2) is 15.5 Å². The molecular weight excluding hydrogens is 315 g/mol. The van der Waals surface area contributed by atoms with Crippen molar-refractivity contribution in [3.8, 4) is 0 Å². The van der Waals surface area contributed by atoms with Gasteiger partial charge in [-0.25, -0.2) is 17.5 Å². The summed E-state index contributed by atoms with van der Waals surface area (Å²) in [5.41, 5.74) is 0.895. The van der Waals surface area contributed by atoms with Crippen LogP contribution in [0.3, 0.4) is 0 Å². The highest BCUT2D eigenvalue weighted by atomic mass is 35.5. The summed E-state index contributed by atoms with van der Waals surface area (Å²) >= 11 is 5.94. The molecule has 2 aromatic rings. The molecule has 0 aliphatic rings. The van der Waals surface area contributed by atoms with E-state index < -0.39 is 15.8 Å². The third kappa shape index (κ3) is 3.72. The molecule has 112 valence electrons.